The molecule has 2 heterocycles. The van der Waals surface area contributed by atoms with E-state index in [0.717, 1.165) is 11.6 Å². The van der Waals surface area contributed by atoms with Crippen molar-refractivity contribution in [1.82, 2.24) is 19.6 Å². The zero-order chi connectivity index (χ0) is 15.8. The van der Waals surface area contributed by atoms with E-state index in [-0.39, 0.29) is 25.0 Å². The quantitative estimate of drug-likeness (QED) is 0.928. The number of aromatic nitrogens is 4. The standard InChI is InChI=1S/C13H18F3N5.ClH/c1-8(2)21-7-9(3)12(19-21)17-6-10-5-11(13(14,15)16)18-20(10)4;/h5,7-8H,6H2,1-4H3,(H,17,19);1H. The molecule has 2 aromatic heterocycles. The second-order valence-electron chi connectivity index (χ2n) is 5.23. The number of nitrogens with zero attached hydrogens (tertiary/aromatic N) is 4. The van der Waals surface area contributed by atoms with E-state index in [4.69, 9.17) is 0 Å². The molecule has 124 valence electrons. The smallest absolute Gasteiger partial charge is 0.363 e. The van der Waals surface area contributed by atoms with Crippen LogP contribution in [0.4, 0.5) is 19.0 Å². The maximum absolute atomic E-state index is 12.6. The number of rotatable bonds is 4. The van der Waals surface area contributed by atoms with E-state index in [1.807, 2.05) is 31.6 Å². The molecule has 22 heavy (non-hydrogen) atoms. The molecule has 0 fully saturated rings. The molecule has 0 unspecified atom stereocenters. The van der Waals surface area contributed by atoms with Crippen molar-refractivity contribution in [3.63, 3.8) is 0 Å². The molecule has 1 N–H and O–H groups in total. The van der Waals surface area contributed by atoms with Crippen molar-refractivity contribution in [2.24, 2.45) is 7.05 Å². The molecule has 0 radical (unpaired) electrons. The summed E-state index contributed by atoms with van der Waals surface area (Å²) in [7, 11) is 1.49. The largest absolute Gasteiger partial charge is 0.435 e. The summed E-state index contributed by atoms with van der Waals surface area (Å²) in [6.07, 6.45) is -2.53. The minimum atomic E-state index is -4.43. The molecule has 0 aliphatic rings. The highest BCUT2D eigenvalue weighted by molar-refractivity contribution is 5.85. The van der Waals surface area contributed by atoms with E-state index in [0.29, 0.717) is 11.5 Å². The molecule has 0 saturated carbocycles. The Morgan fingerprint density at radius 2 is 1.91 bits per heavy atom. The van der Waals surface area contributed by atoms with Gasteiger partial charge in [0.2, 0.25) is 0 Å². The van der Waals surface area contributed by atoms with Crippen LogP contribution in [0.1, 0.15) is 36.8 Å². The van der Waals surface area contributed by atoms with E-state index in [1.54, 1.807) is 0 Å². The van der Waals surface area contributed by atoms with Gasteiger partial charge in [0.25, 0.3) is 0 Å². The Morgan fingerprint density at radius 1 is 1.27 bits per heavy atom. The van der Waals surface area contributed by atoms with Crippen LogP contribution in [0.3, 0.4) is 0 Å². The fourth-order valence-electron chi connectivity index (χ4n) is 1.91. The molecule has 0 amide bonds. The normalized spacial score (nSPS) is 11.6. The predicted octanol–water partition coefficient (Wildman–Crippen LogP) is 3.56. The predicted molar refractivity (Wildman–Crippen MR) is 80.1 cm³/mol. The third kappa shape index (κ3) is 3.94. The first kappa shape index (κ1) is 18.3. The summed E-state index contributed by atoms with van der Waals surface area (Å²) in [5.41, 5.74) is 0.508. The lowest BCUT2D eigenvalue weighted by molar-refractivity contribution is -0.141. The zero-order valence-corrected chi connectivity index (χ0v) is 13.6. The van der Waals surface area contributed by atoms with E-state index < -0.39 is 11.9 Å². The number of alkyl halides is 3. The van der Waals surface area contributed by atoms with Crippen LogP contribution in [-0.2, 0) is 19.8 Å². The van der Waals surface area contributed by atoms with Crippen LogP contribution in [0.5, 0.6) is 0 Å². The van der Waals surface area contributed by atoms with Gasteiger partial charge in [-0.3, -0.25) is 9.36 Å². The van der Waals surface area contributed by atoms with Gasteiger partial charge in [-0.2, -0.15) is 23.4 Å². The Morgan fingerprint density at radius 3 is 2.36 bits per heavy atom. The number of nitrogens with one attached hydrogen (secondary N) is 1. The number of halogens is 4. The Balaban J connectivity index is 0.00000242. The molecule has 0 aromatic carbocycles. The van der Waals surface area contributed by atoms with E-state index in [9.17, 15) is 13.2 Å². The highest BCUT2D eigenvalue weighted by atomic mass is 35.5. The molecule has 0 aliphatic heterocycles. The molecule has 5 nitrogen and oxygen atoms in total. The van der Waals surface area contributed by atoms with Gasteiger partial charge in [0.05, 0.1) is 12.2 Å². The minimum Gasteiger partial charge on any atom is -0.363 e. The first-order valence-corrected chi connectivity index (χ1v) is 6.58. The van der Waals surface area contributed by atoms with E-state index in [1.165, 1.54) is 11.7 Å². The molecule has 0 bridgehead atoms. The summed E-state index contributed by atoms with van der Waals surface area (Å²) in [4.78, 5) is 0. The lowest BCUT2D eigenvalue weighted by Gasteiger charge is -2.05. The summed E-state index contributed by atoms with van der Waals surface area (Å²) in [5, 5.41) is 10.9. The van der Waals surface area contributed by atoms with Gasteiger partial charge in [-0.25, -0.2) is 0 Å². The van der Waals surface area contributed by atoms with Crippen molar-refractivity contribution < 1.29 is 13.2 Å². The third-order valence-corrected chi connectivity index (χ3v) is 3.15. The van der Waals surface area contributed by atoms with Gasteiger partial charge in [0, 0.05) is 24.8 Å². The van der Waals surface area contributed by atoms with Crippen LogP contribution in [-0.4, -0.2) is 19.6 Å². The van der Waals surface area contributed by atoms with Crippen LogP contribution in [0.15, 0.2) is 12.3 Å². The monoisotopic (exact) mass is 337 g/mol. The number of anilines is 1. The summed E-state index contributed by atoms with van der Waals surface area (Å²) in [6, 6.07) is 1.27. The van der Waals surface area contributed by atoms with Crippen molar-refractivity contribution in [3.8, 4) is 0 Å². The molecule has 0 spiro atoms. The highest BCUT2D eigenvalue weighted by Crippen LogP contribution is 2.28. The molecule has 0 saturated heterocycles. The second-order valence-corrected chi connectivity index (χ2v) is 5.23. The molecule has 0 aliphatic carbocycles. The maximum atomic E-state index is 12.6. The topological polar surface area (TPSA) is 47.7 Å². The van der Waals surface area contributed by atoms with Crippen molar-refractivity contribution in [3.05, 3.63) is 29.2 Å². The summed E-state index contributed by atoms with van der Waals surface area (Å²) in [6.45, 7) is 6.15. The van der Waals surface area contributed by atoms with Gasteiger partial charge in [0.15, 0.2) is 11.5 Å². The zero-order valence-electron chi connectivity index (χ0n) is 12.8. The second kappa shape index (κ2) is 6.60. The average Bonchev–Trinajstić information content (AvgIpc) is 2.90. The number of aryl methyl sites for hydroxylation is 2. The van der Waals surface area contributed by atoms with Crippen molar-refractivity contribution >= 4 is 18.2 Å². The molecule has 0 atom stereocenters. The van der Waals surface area contributed by atoms with Crippen LogP contribution >= 0.6 is 12.4 Å². The van der Waals surface area contributed by atoms with E-state index >= 15 is 0 Å². The van der Waals surface area contributed by atoms with Crippen LogP contribution in [0, 0.1) is 6.92 Å². The van der Waals surface area contributed by atoms with Crippen molar-refractivity contribution in [2.75, 3.05) is 5.32 Å². The summed E-state index contributed by atoms with van der Waals surface area (Å²) < 4.78 is 40.8. The van der Waals surface area contributed by atoms with Gasteiger partial charge in [0.1, 0.15) is 0 Å². The Hall–Kier alpha value is -1.70. The van der Waals surface area contributed by atoms with Gasteiger partial charge >= 0.3 is 6.18 Å². The molecule has 2 rings (SSSR count). The number of hydrogen-bond donors (Lipinski definition) is 1. The van der Waals surface area contributed by atoms with Crippen molar-refractivity contribution in [1.29, 1.82) is 0 Å². The lowest BCUT2D eigenvalue weighted by atomic mass is 10.3. The van der Waals surface area contributed by atoms with E-state index in [2.05, 4.69) is 15.5 Å². The Kier molecular flexibility index (Phi) is 5.50. The number of hydrogen-bond acceptors (Lipinski definition) is 3. The molecule has 2 aromatic rings. The average molecular weight is 338 g/mol. The summed E-state index contributed by atoms with van der Waals surface area (Å²) in [5.74, 6) is 0.665. The maximum Gasteiger partial charge on any atom is 0.435 e. The minimum absolute atomic E-state index is 0. The highest BCUT2D eigenvalue weighted by Gasteiger charge is 2.34. The fraction of sp³-hybridized carbons (Fsp3) is 0.538. The third-order valence-electron chi connectivity index (χ3n) is 3.15. The summed E-state index contributed by atoms with van der Waals surface area (Å²) >= 11 is 0. The van der Waals surface area contributed by atoms with Gasteiger partial charge in [-0.05, 0) is 26.8 Å². The van der Waals surface area contributed by atoms with Gasteiger partial charge in [-0.1, -0.05) is 0 Å². The Labute approximate surface area is 132 Å². The first-order chi connectivity index (χ1) is 9.68. The van der Waals surface area contributed by atoms with Gasteiger partial charge < -0.3 is 5.32 Å². The van der Waals surface area contributed by atoms with Gasteiger partial charge in [-0.15, -0.1) is 12.4 Å². The molecular weight excluding hydrogens is 319 g/mol. The molecular formula is C13H19ClF3N5. The van der Waals surface area contributed by atoms with Crippen molar-refractivity contribution in [2.45, 2.75) is 39.5 Å². The lowest BCUT2D eigenvalue weighted by Crippen LogP contribution is -2.08. The SMILES string of the molecule is Cc1cn(C(C)C)nc1NCc1cc(C(F)(F)F)nn1C.Cl. The first-order valence-electron chi connectivity index (χ1n) is 6.58. The van der Waals surface area contributed by atoms with Crippen LogP contribution in [0.2, 0.25) is 0 Å². The molecule has 9 heteroatoms. The Bertz CT molecular complexity index is 630. The van der Waals surface area contributed by atoms with Crippen LogP contribution < -0.4 is 5.32 Å². The van der Waals surface area contributed by atoms with Crippen LogP contribution in [0.25, 0.3) is 0 Å². The fourth-order valence-corrected chi connectivity index (χ4v) is 1.91.